The van der Waals surface area contributed by atoms with Gasteiger partial charge in [-0.1, -0.05) is 157 Å². The first-order chi connectivity index (χ1) is 16.9. The van der Waals surface area contributed by atoms with Gasteiger partial charge in [0.1, 0.15) is 5.71 Å². The van der Waals surface area contributed by atoms with Gasteiger partial charge in [0.15, 0.2) is 0 Å². The van der Waals surface area contributed by atoms with Crippen LogP contribution in [0.25, 0.3) is 0 Å². The molecule has 0 atom stereocenters. The van der Waals surface area contributed by atoms with Crippen LogP contribution in [0.5, 0.6) is 0 Å². The fourth-order valence-electron chi connectivity index (χ4n) is 4.25. The summed E-state index contributed by atoms with van der Waals surface area (Å²) in [6, 6.07) is 52.0. The van der Waals surface area contributed by atoms with Crippen LogP contribution in [0.15, 0.2) is 157 Å². The van der Waals surface area contributed by atoms with Gasteiger partial charge in [-0.25, -0.2) is 0 Å². The Balaban J connectivity index is 1.75. The maximum atomic E-state index is 6.89. The van der Waals surface area contributed by atoms with Gasteiger partial charge in [-0.05, 0) is 15.6 Å². The fraction of sp³-hybridized carbons (Fsp3) is 0. The van der Waals surface area contributed by atoms with Crippen molar-refractivity contribution in [3.05, 3.63) is 163 Å². The van der Waals surface area contributed by atoms with Crippen LogP contribution in [-0.2, 0) is 4.53 Å². The normalized spacial score (nSPS) is 10.9. The second-order valence-electron chi connectivity index (χ2n) is 8.04. The van der Waals surface area contributed by atoms with Gasteiger partial charge < -0.3 is 4.53 Å². The lowest BCUT2D eigenvalue weighted by molar-refractivity contribution is 0.349. The van der Waals surface area contributed by atoms with Crippen LogP contribution in [0.2, 0.25) is 0 Å². The maximum Gasteiger partial charge on any atom is 0.380 e. The maximum absolute atomic E-state index is 6.89. The minimum atomic E-state index is -2.94. The van der Waals surface area contributed by atoms with Crippen LogP contribution >= 0.6 is 0 Å². The minimum absolute atomic E-state index is 0.820. The second-order valence-corrected chi connectivity index (χ2v) is 11.3. The van der Waals surface area contributed by atoms with Crippen molar-refractivity contribution >= 4 is 29.6 Å². The topological polar surface area (TPSA) is 21.6 Å². The number of rotatable bonds is 7. The van der Waals surface area contributed by atoms with Gasteiger partial charge in [0.25, 0.3) is 0 Å². The van der Waals surface area contributed by atoms with Crippen molar-refractivity contribution in [1.82, 2.24) is 0 Å². The third-order valence-corrected chi connectivity index (χ3v) is 9.71. The van der Waals surface area contributed by atoms with E-state index in [0.29, 0.717) is 0 Å². The molecule has 3 heteroatoms. The lowest BCUT2D eigenvalue weighted by Crippen LogP contribution is -2.68. The van der Waals surface area contributed by atoms with E-state index in [1.165, 1.54) is 0 Å². The highest BCUT2D eigenvalue weighted by molar-refractivity contribution is 7.07. The van der Waals surface area contributed by atoms with E-state index in [1.807, 2.05) is 54.6 Å². The predicted molar refractivity (Wildman–Crippen MR) is 144 cm³/mol. The Morgan fingerprint density at radius 3 is 1.03 bits per heavy atom. The summed E-state index contributed by atoms with van der Waals surface area (Å²) in [4.78, 5) is 0. The molecule has 5 aromatic carbocycles. The van der Waals surface area contributed by atoms with Gasteiger partial charge in [-0.2, -0.15) is 0 Å². The summed E-state index contributed by atoms with van der Waals surface area (Å²) >= 11 is 0. The number of benzene rings is 5. The Hall–Kier alpha value is -4.21. The molecule has 0 amide bonds. The van der Waals surface area contributed by atoms with E-state index in [0.717, 1.165) is 32.4 Å². The fourth-order valence-corrected chi connectivity index (χ4v) is 7.78. The molecule has 0 heterocycles. The van der Waals surface area contributed by atoms with E-state index in [-0.39, 0.29) is 0 Å². The molecule has 0 saturated heterocycles. The van der Waals surface area contributed by atoms with Crippen molar-refractivity contribution in [2.24, 2.45) is 5.16 Å². The van der Waals surface area contributed by atoms with Crippen LogP contribution in [0.4, 0.5) is 0 Å². The molecule has 0 aliphatic heterocycles. The van der Waals surface area contributed by atoms with Crippen molar-refractivity contribution in [3.8, 4) is 0 Å². The molecule has 0 aliphatic rings. The Morgan fingerprint density at radius 1 is 0.412 bits per heavy atom. The quantitative estimate of drug-likeness (QED) is 0.144. The van der Waals surface area contributed by atoms with Crippen molar-refractivity contribution in [3.63, 3.8) is 0 Å². The molecule has 5 aromatic rings. The van der Waals surface area contributed by atoms with E-state index in [4.69, 9.17) is 9.68 Å². The third kappa shape index (κ3) is 4.34. The number of nitrogens with zero attached hydrogens (tertiary/aromatic N) is 1. The first-order valence-corrected chi connectivity index (χ1v) is 13.3. The van der Waals surface area contributed by atoms with Crippen LogP contribution in [0.1, 0.15) is 11.1 Å². The van der Waals surface area contributed by atoms with E-state index in [1.54, 1.807) is 0 Å². The smallest absolute Gasteiger partial charge is 0.380 e. The first kappa shape index (κ1) is 21.6. The lowest BCUT2D eigenvalue weighted by Gasteiger charge is -2.30. The Kier molecular flexibility index (Phi) is 6.46. The summed E-state index contributed by atoms with van der Waals surface area (Å²) < 4.78 is 6.89. The highest BCUT2D eigenvalue weighted by Crippen LogP contribution is 2.15. The zero-order valence-corrected chi connectivity index (χ0v) is 19.8. The van der Waals surface area contributed by atoms with Crippen molar-refractivity contribution < 1.29 is 4.53 Å². The predicted octanol–water partition coefficient (Wildman–Crippen LogP) is 5.12. The molecule has 0 fully saturated rings. The molecule has 0 radical (unpaired) electrons. The molecule has 0 bridgehead atoms. The van der Waals surface area contributed by atoms with Gasteiger partial charge in [-0.15, -0.1) is 0 Å². The van der Waals surface area contributed by atoms with Gasteiger partial charge in [0.2, 0.25) is 0 Å². The van der Waals surface area contributed by atoms with Gasteiger partial charge in [0.05, 0.1) is 0 Å². The van der Waals surface area contributed by atoms with Crippen LogP contribution in [-0.4, -0.2) is 14.0 Å². The van der Waals surface area contributed by atoms with Gasteiger partial charge >= 0.3 is 8.32 Å². The standard InChI is InChI=1S/C31H25NOSi/c1-6-16-26(17-7-1)31(27-18-8-2-9-19-27)32-33-34(28-20-10-3-11-21-28,29-22-12-4-13-23-29)30-24-14-5-15-25-30/h1-25H. The summed E-state index contributed by atoms with van der Waals surface area (Å²) in [6.45, 7) is 0. The molecule has 164 valence electrons. The zero-order chi connectivity index (χ0) is 23.1. The number of oxime groups is 1. The summed E-state index contributed by atoms with van der Waals surface area (Å²) in [7, 11) is -2.94. The van der Waals surface area contributed by atoms with Crippen molar-refractivity contribution in [1.29, 1.82) is 0 Å². The summed E-state index contributed by atoms with van der Waals surface area (Å²) in [6.07, 6.45) is 0. The van der Waals surface area contributed by atoms with Crippen molar-refractivity contribution in [2.45, 2.75) is 0 Å². The summed E-state index contributed by atoms with van der Waals surface area (Å²) in [5.74, 6) is 0. The van der Waals surface area contributed by atoms with Gasteiger partial charge in [0, 0.05) is 11.1 Å². The molecule has 0 spiro atoms. The zero-order valence-electron chi connectivity index (χ0n) is 18.8. The van der Waals surface area contributed by atoms with Crippen molar-refractivity contribution in [2.75, 3.05) is 0 Å². The SMILES string of the molecule is c1ccc(C(=NO[Si](c2ccccc2)(c2ccccc2)c2ccccc2)c2ccccc2)cc1. The molecule has 0 N–H and O–H groups in total. The molecule has 5 rings (SSSR count). The summed E-state index contributed by atoms with van der Waals surface area (Å²) in [5.41, 5.74) is 2.86. The highest BCUT2D eigenvalue weighted by Gasteiger charge is 2.45. The number of hydrogen-bond acceptors (Lipinski definition) is 2. The monoisotopic (exact) mass is 455 g/mol. The molecule has 0 unspecified atom stereocenters. The first-order valence-electron chi connectivity index (χ1n) is 11.4. The number of hydrogen-bond donors (Lipinski definition) is 0. The van der Waals surface area contributed by atoms with Gasteiger partial charge in [-0.3, -0.25) is 0 Å². The van der Waals surface area contributed by atoms with Crippen LogP contribution < -0.4 is 15.6 Å². The molecule has 2 nitrogen and oxygen atoms in total. The second kappa shape index (κ2) is 10.2. The Morgan fingerprint density at radius 2 is 0.706 bits per heavy atom. The highest BCUT2D eigenvalue weighted by atomic mass is 28.4. The molecular formula is C31H25NOSi. The third-order valence-electron chi connectivity index (χ3n) is 5.91. The molecule has 0 saturated carbocycles. The Bertz CT molecular complexity index is 1200. The average Bonchev–Trinajstić information content (AvgIpc) is 2.94. The molecule has 34 heavy (non-hydrogen) atoms. The molecule has 0 aromatic heterocycles. The largest absolute Gasteiger partial charge is 0.437 e. The average molecular weight is 456 g/mol. The van der Waals surface area contributed by atoms with E-state index in [9.17, 15) is 0 Å². The molecular weight excluding hydrogens is 430 g/mol. The summed E-state index contributed by atoms with van der Waals surface area (Å²) in [5, 5.41) is 8.39. The van der Waals surface area contributed by atoms with Crippen LogP contribution in [0, 0.1) is 0 Å². The molecule has 0 aliphatic carbocycles. The Labute approximate surface area is 201 Å². The lowest BCUT2D eigenvalue weighted by atomic mass is 10.0. The van der Waals surface area contributed by atoms with E-state index in [2.05, 4.69) is 97.1 Å². The minimum Gasteiger partial charge on any atom is -0.437 e. The van der Waals surface area contributed by atoms with Crippen LogP contribution in [0.3, 0.4) is 0 Å². The van der Waals surface area contributed by atoms with E-state index < -0.39 is 8.32 Å². The van der Waals surface area contributed by atoms with E-state index >= 15 is 0 Å².